The maximum atomic E-state index is 13.1. The number of ether oxygens (including phenoxy) is 2. The zero-order valence-corrected chi connectivity index (χ0v) is 17.3. The normalized spacial score (nSPS) is 12.0. The van der Waals surface area contributed by atoms with E-state index in [2.05, 4.69) is 10.3 Å². The number of nitrogens with zero attached hydrogens (tertiary/aromatic N) is 1. The summed E-state index contributed by atoms with van der Waals surface area (Å²) in [6.45, 7) is 9.70. The lowest BCUT2D eigenvalue weighted by Crippen LogP contribution is -2.50. The third-order valence-corrected chi connectivity index (χ3v) is 4.34. The van der Waals surface area contributed by atoms with Crippen LogP contribution in [0.5, 0.6) is 0 Å². The number of Topliss-reactive ketones (excluding diaryl/α,β-unsaturated/α-hetero) is 1. The van der Waals surface area contributed by atoms with Gasteiger partial charge in [-0.3, -0.25) is 4.79 Å². The minimum atomic E-state index is -0.695. The topological polar surface area (TPSA) is 101 Å². The van der Waals surface area contributed by atoms with Crippen molar-refractivity contribution in [3.8, 4) is 0 Å². The number of amides is 2. The van der Waals surface area contributed by atoms with E-state index in [9.17, 15) is 14.4 Å². The summed E-state index contributed by atoms with van der Waals surface area (Å²) in [5.74, 6) is -0.760. The smallest absolute Gasteiger partial charge is 0.354 e. The molecule has 2 N–H and O–H groups in total. The van der Waals surface area contributed by atoms with Crippen LogP contribution < -0.4 is 5.32 Å². The second-order valence-electron chi connectivity index (χ2n) is 6.80. The molecule has 0 fully saturated rings. The van der Waals surface area contributed by atoms with Crippen molar-refractivity contribution in [3.05, 3.63) is 22.5 Å². The highest BCUT2D eigenvalue weighted by molar-refractivity contribution is 6.06. The molecule has 0 aliphatic carbocycles. The van der Waals surface area contributed by atoms with Gasteiger partial charge < -0.3 is 24.7 Å². The van der Waals surface area contributed by atoms with Crippen LogP contribution in [0, 0.1) is 13.8 Å². The Bertz CT molecular complexity index is 681. The molecule has 1 atom stereocenters. The second-order valence-corrected chi connectivity index (χ2v) is 6.80. The fourth-order valence-corrected chi connectivity index (χ4v) is 2.96. The Hall–Kier alpha value is -2.35. The first-order chi connectivity index (χ1) is 12.6. The summed E-state index contributed by atoms with van der Waals surface area (Å²) in [6, 6.07) is -1.05. The van der Waals surface area contributed by atoms with Crippen LogP contribution in [0.1, 0.15) is 59.3 Å². The lowest BCUT2D eigenvalue weighted by Gasteiger charge is -2.29. The first-order valence-corrected chi connectivity index (χ1v) is 9.03. The van der Waals surface area contributed by atoms with Crippen LogP contribution in [0.3, 0.4) is 0 Å². The molecule has 0 aromatic carbocycles. The van der Waals surface area contributed by atoms with Gasteiger partial charge in [0.2, 0.25) is 0 Å². The molecule has 0 unspecified atom stereocenters. The van der Waals surface area contributed by atoms with E-state index in [0.717, 1.165) is 0 Å². The maximum Gasteiger partial charge on any atom is 0.354 e. The molecule has 8 heteroatoms. The predicted octanol–water partition coefficient (Wildman–Crippen LogP) is 2.45. The third kappa shape index (κ3) is 5.56. The number of urea groups is 1. The van der Waals surface area contributed by atoms with Crippen LogP contribution in [-0.2, 0) is 9.47 Å². The van der Waals surface area contributed by atoms with E-state index in [4.69, 9.17) is 9.47 Å². The van der Waals surface area contributed by atoms with Crippen molar-refractivity contribution in [3.63, 3.8) is 0 Å². The average molecular weight is 381 g/mol. The number of esters is 1. The summed E-state index contributed by atoms with van der Waals surface area (Å²) in [6.07, 6.45) is 0.609. The Kier molecular flexibility index (Phi) is 8.49. The van der Waals surface area contributed by atoms with Gasteiger partial charge in [0.1, 0.15) is 5.69 Å². The number of H-pyrrole nitrogens is 1. The summed E-state index contributed by atoms with van der Waals surface area (Å²) < 4.78 is 9.81. The number of carbonyl (C=O) groups excluding carboxylic acids is 3. The SMILES string of the molecule is COCCCN(C(=O)NC(C)C)[C@H](C)C(=O)c1c(C)[nH]c(C(=O)OC)c1C. The van der Waals surface area contributed by atoms with Crippen molar-refractivity contribution in [2.24, 2.45) is 0 Å². The average Bonchev–Trinajstić information content (AvgIpc) is 2.90. The van der Waals surface area contributed by atoms with Gasteiger partial charge >= 0.3 is 12.0 Å². The zero-order valence-electron chi connectivity index (χ0n) is 17.3. The Labute approximate surface area is 160 Å². The zero-order chi connectivity index (χ0) is 20.7. The van der Waals surface area contributed by atoms with Crippen LogP contribution in [0.2, 0.25) is 0 Å². The number of hydrogen-bond acceptors (Lipinski definition) is 5. The number of aryl methyl sites for hydroxylation is 1. The molecule has 1 aromatic rings. The molecule has 27 heavy (non-hydrogen) atoms. The van der Waals surface area contributed by atoms with Crippen molar-refractivity contribution in [1.29, 1.82) is 0 Å². The summed E-state index contributed by atoms with van der Waals surface area (Å²) in [7, 11) is 2.88. The van der Waals surface area contributed by atoms with Gasteiger partial charge in [-0.05, 0) is 46.6 Å². The number of aromatic nitrogens is 1. The lowest BCUT2D eigenvalue weighted by atomic mass is 10.00. The van der Waals surface area contributed by atoms with E-state index in [-0.39, 0.29) is 23.6 Å². The van der Waals surface area contributed by atoms with Gasteiger partial charge in [0.05, 0.1) is 13.2 Å². The second kappa shape index (κ2) is 10.1. The van der Waals surface area contributed by atoms with E-state index in [1.165, 1.54) is 12.0 Å². The van der Waals surface area contributed by atoms with Gasteiger partial charge in [-0.2, -0.15) is 0 Å². The fourth-order valence-electron chi connectivity index (χ4n) is 2.96. The van der Waals surface area contributed by atoms with E-state index < -0.39 is 12.0 Å². The standard InChI is InChI=1S/C19H31N3O5/c1-11(2)20-19(25)22(9-8-10-26-6)14(5)17(23)15-12(3)16(18(24)27-7)21-13(15)4/h11,14,21H,8-10H2,1-7H3,(H,20,25)/t14-/m1/s1. The molecule has 0 saturated heterocycles. The highest BCUT2D eigenvalue weighted by Gasteiger charge is 2.31. The van der Waals surface area contributed by atoms with E-state index in [1.807, 2.05) is 13.8 Å². The minimum Gasteiger partial charge on any atom is -0.464 e. The van der Waals surface area contributed by atoms with Gasteiger partial charge in [-0.15, -0.1) is 0 Å². The molecule has 152 valence electrons. The van der Waals surface area contributed by atoms with E-state index >= 15 is 0 Å². The number of rotatable bonds is 9. The lowest BCUT2D eigenvalue weighted by molar-refractivity contribution is 0.0593. The van der Waals surface area contributed by atoms with Gasteiger partial charge in [-0.1, -0.05) is 0 Å². The summed E-state index contributed by atoms with van der Waals surface area (Å²) in [5, 5.41) is 2.83. The third-order valence-electron chi connectivity index (χ3n) is 4.34. The number of carbonyl (C=O) groups is 3. The molecule has 1 rings (SSSR count). The largest absolute Gasteiger partial charge is 0.464 e. The van der Waals surface area contributed by atoms with Gasteiger partial charge in [0.15, 0.2) is 5.78 Å². The summed E-state index contributed by atoms with van der Waals surface area (Å²) >= 11 is 0. The molecule has 0 aliphatic heterocycles. The quantitative estimate of drug-likeness (QED) is 0.389. The molecule has 0 aliphatic rings. The molecule has 0 radical (unpaired) electrons. The summed E-state index contributed by atoms with van der Waals surface area (Å²) in [4.78, 5) is 42.0. The Morgan fingerprint density at radius 1 is 1.15 bits per heavy atom. The Morgan fingerprint density at radius 2 is 1.78 bits per heavy atom. The Balaban J connectivity index is 3.15. The summed E-state index contributed by atoms with van der Waals surface area (Å²) in [5.41, 5.74) is 1.77. The van der Waals surface area contributed by atoms with Crippen LogP contribution in [0.15, 0.2) is 0 Å². The molecule has 2 amide bonds. The Morgan fingerprint density at radius 3 is 2.30 bits per heavy atom. The number of methoxy groups -OCH3 is 2. The molecule has 0 saturated carbocycles. The first kappa shape index (κ1) is 22.7. The van der Waals surface area contributed by atoms with E-state index in [0.29, 0.717) is 36.4 Å². The number of hydrogen-bond donors (Lipinski definition) is 2. The predicted molar refractivity (Wildman–Crippen MR) is 102 cm³/mol. The van der Waals surface area contributed by atoms with Crippen molar-refractivity contribution in [2.75, 3.05) is 27.4 Å². The molecule has 8 nitrogen and oxygen atoms in total. The van der Waals surface area contributed by atoms with Crippen molar-refractivity contribution in [1.82, 2.24) is 15.2 Å². The van der Waals surface area contributed by atoms with Crippen LogP contribution in [-0.4, -0.2) is 67.1 Å². The molecule has 1 heterocycles. The number of aromatic amines is 1. The molecule has 0 spiro atoms. The monoisotopic (exact) mass is 381 g/mol. The fraction of sp³-hybridized carbons (Fsp3) is 0.632. The first-order valence-electron chi connectivity index (χ1n) is 9.03. The van der Waals surface area contributed by atoms with Crippen molar-refractivity contribution < 1.29 is 23.9 Å². The molecular formula is C19H31N3O5. The molecule has 0 bridgehead atoms. The highest BCUT2D eigenvalue weighted by Crippen LogP contribution is 2.22. The van der Waals surface area contributed by atoms with Crippen LogP contribution in [0.25, 0.3) is 0 Å². The van der Waals surface area contributed by atoms with Crippen LogP contribution >= 0.6 is 0 Å². The maximum absolute atomic E-state index is 13.1. The number of ketones is 1. The highest BCUT2D eigenvalue weighted by atomic mass is 16.5. The molecular weight excluding hydrogens is 350 g/mol. The minimum absolute atomic E-state index is 0.0496. The van der Waals surface area contributed by atoms with Gasteiger partial charge in [0, 0.05) is 37.6 Å². The molecule has 1 aromatic heterocycles. The number of nitrogens with one attached hydrogen (secondary N) is 2. The van der Waals surface area contributed by atoms with E-state index in [1.54, 1.807) is 27.9 Å². The van der Waals surface area contributed by atoms with Gasteiger partial charge in [0.25, 0.3) is 0 Å². The van der Waals surface area contributed by atoms with Crippen molar-refractivity contribution >= 4 is 17.8 Å². The van der Waals surface area contributed by atoms with Crippen LogP contribution in [0.4, 0.5) is 4.79 Å². The van der Waals surface area contributed by atoms with Crippen molar-refractivity contribution in [2.45, 2.75) is 53.1 Å². The van der Waals surface area contributed by atoms with Gasteiger partial charge in [-0.25, -0.2) is 9.59 Å².